The second-order valence-electron chi connectivity index (χ2n) is 7.02. The highest BCUT2D eigenvalue weighted by molar-refractivity contribution is 7.80. The summed E-state index contributed by atoms with van der Waals surface area (Å²) in [7, 11) is 0. The third-order valence-electron chi connectivity index (χ3n) is 5.26. The molecule has 0 spiro atoms. The highest BCUT2D eigenvalue weighted by atomic mass is 32.1. The van der Waals surface area contributed by atoms with Gasteiger partial charge in [0, 0.05) is 46.0 Å². The first-order valence-electron chi connectivity index (χ1n) is 9.56. The first-order valence-corrected chi connectivity index (χ1v) is 9.97. The second-order valence-corrected chi connectivity index (χ2v) is 7.40. The number of carbonyl (C=O) groups is 1. The number of Topliss-reactive ketones (excluding diaryl/α,β-unsaturated/α-hetero) is 1. The number of rotatable bonds is 5. The molecule has 4 nitrogen and oxygen atoms in total. The molecule has 0 radical (unpaired) electrons. The Bertz CT molecular complexity index is 1070. The molecule has 4 rings (SSSR count). The van der Waals surface area contributed by atoms with Gasteiger partial charge in [0.2, 0.25) is 0 Å². The molecule has 0 aliphatic carbocycles. The Hall–Kier alpha value is -2.92. The van der Waals surface area contributed by atoms with E-state index in [-0.39, 0.29) is 11.8 Å². The van der Waals surface area contributed by atoms with E-state index in [1.165, 1.54) is 0 Å². The fourth-order valence-electron chi connectivity index (χ4n) is 3.88. The Morgan fingerprint density at radius 3 is 2.57 bits per heavy atom. The lowest BCUT2D eigenvalue weighted by Gasteiger charge is -2.37. The highest BCUT2D eigenvalue weighted by Gasteiger charge is 2.35. The van der Waals surface area contributed by atoms with Crippen molar-refractivity contribution in [2.75, 3.05) is 6.54 Å². The average Bonchev–Trinajstić information content (AvgIpc) is 3.15. The van der Waals surface area contributed by atoms with Crippen molar-refractivity contribution >= 4 is 34.0 Å². The van der Waals surface area contributed by atoms with E-state index in [9.17, 15) is 4.79 Å². The molecule has 1 aromatic heterocycles. The van der Waals surface area contributed by atoms with E-state index in [1.807, 2.05) is 66.6 Å². The molecule has 3 aromatic rings. The van der Waals surface area contributed by atoms with Crippen LogP contribution in [0.25, 0.3) is 10.9 Å². The van der Waals surface area contributed by atoms with Crippen molar-refractivity contribution in [3.63, 3.8) is 0 Å². The highest BCUT2D eigenvalue weighted by Crippen LogP contribution is 2.36. The molecular weight excluding hydrogens is 366 g/mol. The number of nitrogens with one attached hydrogen (secondary N) is 2. The van der Waals surface area contributed by atoms with Crippen molar-refractivity contribution in [3.05, 3.63) is 83.2 Å². The minimum absolute atomic E-state index is 0.0319. The molecule has 0 amide bonds. The number of para-hydroxylation sites is 1. The molecule has 1 aliphatic rings. The first-order chi connectivity index (χ1) is 13.6. The van der Waals surface area contributed by atoms with E-state index >= 15 is 0 Å². The van der Waals surface area contributed by atoms with Gasteiger partial charge < -0.3 is 15.2 Å². The summed E-state index contributed by atoms with van der Waals surface area (Å²) in [4.78, 5) is 18.9. The second kappa shape index (κ2) is 7.60. The fraction of sp³-hybridized carbons (Fsp3) is 0.217. The Morgan fingerprint density at radius 2 is 1.82 bits per heavy atom. The minimum Gasteiger partial charge on any atom is -0.361 e. The van der Waals surface area contributed by atoms with Crippen LogP contribution < -0.4 is 5.32 Å². The minimum atomic E-state index is -0.288. The summed E-state index contributed by atoms with van der Waals surface area (Å²) in [5, 5.41) is 5.20. The van der Waals surface area contributed by atoms with Gasteiger partial charge in [0.05, 0.1) is 6.04 Å². The lowest BCUT2D eigenvalue weighted by atomic mass is 9.89. The van der Waals surface area contributed by atoms with E-state index in [2.05, 4.69) is 23.3 Å². The van der Waals surface area contributed by atoms with Crippen molar-refractivity contribution in [2.24, 2.45) is 0 Å². The summed E-state index contributed by atoms with van der Waals surface area (Å²) in [6.07, 6.45) is 2.93. The molecule has 2 aromatic carbocycles. The molecule has 0 saturated heterocycles. The number of allylic oxidation sites excluding steroid dienone is 1. The van der Waals surface area contributed by atoms with Gasteiger partial charge in [0.15, 0.2) is 10.9 Å². The van der Waals surface area contributed by atoms with Crippen LogP contribution in [0.2, 0.25) is 0 Å². The molecular formula is C23H23N3OS. The van der Waals surface area contributed by atoms with E-state index in [0.29, 0.717) is 10.7 Å². The predicted molar refractivity (Wildman–Crippen MR) is 117 cm³/mol. The number of hydrogen-bond acceptors (Lipinski definition) is 2. The van der Waals surface area contributed by atoms with Crippen LogP contribution in [0.4, 0.5) is 0 Å². The van der Waals surface area contributed by atoms with Crippen molar-refractivity contribution in [1.82, 2.24) is 15.2 Å². The lowest BCUT2D eigenvalue weighted by molar-refractivity contribution is 0.102. The summed E-state index contributed by atoms with van der Waals surface area (Å²) in [5.74, 6) is 0.0319. The van der Waals surface area contributed by atoms with Crippen LogP contribution in [0.5, 0.6) is 0 Å². The van der Waals surface area contributed by atoms with E-state index in [1.54, 1.807) is 0 Å². The number of carbonyl (C=O) groups excluding carboxylic acids is 1. The zero-order valence-electron chi connectivity index (χ0n) is 16.0. The summed E-state index contributed by atoms with van der Waals surface area (Å²) < 4.78 is 0. The Labute approximate surface area is 170 Å². The quantitative estimate of drug-likeness (QED) is 0.478. The summed E-state index contributed by atoms with van der Waals surface area (Å²) in [5.41, 5.74) is 4.44. The average molecular weight is 390 g/mol. The molecule has 0 fully saturated rings. The number of ketones is 1. The third-order valence-corrected chi connectivity index (χ3v) is 5.59. The SMILES string of the molecule is CCCN1C(=S)NC(c2c[nH]c3ccccc23)C(C(=O)c2ccccc2)=C1C. The van der Waals surface area contributed by atoms with E-state index < -0.39 is 0 Å². The Balaban J connectivity index is 1.88. The number of aromatic amines is 1. The zero-order chi connectivity index (χ0) is 19.7. The summed E-state index contributed by atoms with van der Waals surface area (Å²) in [6, 6.07) is 17.3. The van der Waals surface area contributed by atoms with Gasteiger partial charge in [-0.1, -0.05) is 55.5 Å². The smallest absolute Gasteiger partial charge is 0.193 e. The van der Waals surface area contributed by atoms with Crippen molar-refractivity contribution in [2.45, 2.75) is 26.3 Å². The first kappa shape index (κ1) is 18.4. The number of nitrogens with zero attached hydrogens (tertiary/aromatic N) is 1. The van der Waals surface area contributed by atoms with Crippen LogP contribution in [-0.2, 0) is 0 Å². The number of thiocarbonyl (C=S) groups is 1. The van der Waals surface area contributed by atoms with Gasteiger partial charge in [0.1, 0.15) is 0 Å². The monoisotopic (exact) mass is 389 g/mol. The van der Waals surface area contributed by atoms with Crippen LogP contribution >= 0.6 is 12.2 Å². The Kier molecular flexibility index (Phi) is 5.01. The van der Waals surface area contributed by atoms with Gasteiger partial charge in [-0.15, -0.1) is 0 Å². The zero-order valence-corrected chi connectivity index (χ0v) is 16.8. The number of hydrogen-bond donors (Lipinski definition) is 2. The lowest BCUT2D eigenvalue weighted by Crippen LogP contribution is -2.47. The summed E-state index contributed by atoms with van der Waals surface area (Å²) >= 11 is 5.66. The van der Waals surface area contributed by atoms with Gasteiger partial charge in [-0.05, 0) is 31.6 Å². The van der Waals surface area contributed by atoms with Crippen molar-refractivity contribution in [1.29, 1.82) is 0 Å². The standard InChI is InChI=1S/C23H23N3OS/c1-3-13-26-15(2)20(22(27)16-9-5-4-6-10-16)21(25-23(26)28)18-14-24-19-12-8-7-11-17(18)19/h4-12,14,21,24H,3,13H2,1-2H3,(H,25,28). The predicted octanol–water partition coefficient (Wildman–Crippen LogP) is 4.97. The molecule has 2 heterocycles. The van der Waals surface area contributed by atoms with Crippen molar-refractivity contribution < 1.29 is 4.79 Å². The van der Waals surface area contributed by atoms with Gasteiger partial charge in [-0.25, -0.2) is 0 Å². The third kappa shape index (κ3) is 3.12. The van der Waals surface area contributed by atoms with Crippen LogP contribution in [0.15, 0.2) is 72.1 Å². The van der Waals surface area contributed by atoms with Crippen LogP contribution in [0.1, 0.15) is 42.2 Å². The normalized spacial score (nSPS) is 17.1. The molecule has 5 heteroatoms. The Morgan fingerprint density at radius 1 is 1.11 bits per heavy atom. The van der Waals surface area contributed by atoms with Crippen molar-refractivity contribution in [3.8, 4) is 0 Å². The number of fused-ring (bicyclic) bond motifs is 1. The van der Waals surface area contributed by atoms with Gasteiger partial charge in [-0.2, -0.15) is 0 Å². The van der Waals surface area contributed by atoms with E-state index in [0.717, 1.165) is 40.7 Å². The van der Waals surface area contributed by atoms with Crippen LogP contribution in [0, 0.1) is 0 Å². The maximum atomic E-state index is 13.5. The topological polar surface area (TPSA) is 48.1 Å². The molecule has 0 saturated carbocycles. The maximum Gasteiger partial charge on any atom is 0.193 e. The fourth-order valence-corrected chi connectivity index (χ4v) is 4.23. The molecule has 142 valence electrons. The van der Waals surface area contributed by atoms with Gasteiger partial charge in [-0.3, -0.25) is 4.79 Å². The van der Waals surface area contributed by atoms with E-state index in [4.69, 9.17) is 12.2 Å². The van der Waals surface area contributed by atoms with Gasteiger partial charge >= 0.3 is 0 Å². The maximum absolute atomic E-state index is 13.5. The molecule has 1 unspecified atom stereocenters. The molecule has 0 bridgehead atoms. The molecule has 1 atom stereocenters. The van der Waals surface area contributed by atoms with Gasteiger partial charge in [0.25, 0.3) is 0 Å². The largest absolute Gasteiger partial charge is 0.361 e. The molecule has 2 N–H and O–H groups in total. The number of H-pyrrole nitrogens is 1. The molecule has 1 aliphatic heterocycles. The number of aromatic nitrogens is 1. The van der Waals surface area contributed by atoms with Crippen LogP contribution in [-0.4, -0.2) is 27.3 Å². The number of benzene rings is 2. The summed E-state index contributed by atoms with van der Waals surface area (Å²) in [6.45, 7) is 4.89. The van der Waals surface area contributed by atoms with Crippen LogP contribution in [0.3, 0.4) is 0 Å². The molecule has 28 heavy (non-hydrogen) atoms.